The van der Waals surface area contributed by atoms with Crippen LogP contribution in [0.5, 0.6) is 0 Å². The average molecular weight is 186 g/mol. The molecule has 14 heavy (non-hydrogen) atoms. The average Bonchev–Trinajstić information content (AvgIpc) is 2.98. The van der Waals surface area contributed by atoms with Gasteiger partial charge in [-0.1, -0.05) is 23.8 Å². The summed E-state index contributed by atoms with van der Waals surface area (Å²) in [5, 5.41) is 0. The van der Waals surface area contributed by atoms with Gasteiger partial charge in [-0.2, -0.15) is 0 Å². The molecule has 4 aliphatic rings. The lowest BCUT2D eigenvalue weighted by atomic mass is 9.74. The molecule has 0 radical (unpaired) electrons. The van der Waals surface area contributed by atoms with Gasteiger partial charge in [0.2, 0.25) is 0 Å². The van der Waals surface area contributed by atoms with E-state index in [9.17, 15) is 0 Å². The van der Waals surface area contributed by atoms with Gasteiger partial charge in [-0.3, -0.25) is 0 Å². The zero-order valence-corrected chi connectivity index (χ0v) is 8.71. The van der Waals surface area contributed by atoms with Crippen molar-refractivity contribution >= 4 is 0 Å². The molecule has 0 aromatic carbocycles. The van der Waals surface area contributed by atoms with E-state index in [4.69, 9.17) is 0 Å². The van der Waals surface area contributed by atoms with Crippen LogP contribution in [0, 0.1) is 23.2 Å². The van der Waals surface area contributed by atoms with Crippen LogP contribution >= 0.6 is 0 Å². The van der Waals surface area contributed by atoms with Crippen LogP contribution in [0.1, 0.15) is 38.5 Å². The highest BCUT2D eigenvalue weighted by atomic mass is 14.5. The van der Waals surface area contributed by atoms with E-state index in [1.54, 1.807) is 0 Å². The van der Waals surface area contributed by atoms with E-state index in [2.05, 4.69) is 18.2 Å². The summed E-state index contributed by atoms with van der Waals surface area (Å²) in [6, 6.07) is 0. The first-order chi connectivity index (χ1) is 6.86. The van der Waals surface area contributed by atoms with Crippen LogP contribution in [0.15, 0.2) is 23.8 Å². The molecule has 4 aliphatic carbocycles. The molecule has 0 aliphatic heterocycles. The Morgan fingerprint density at radius 2 is 2.14 bits per heavy atom. The SMILES string of the molecule is C1=CC2(C3=CC4CCC3C4)CCC1C2. The van der Waals surface area contributed by atoms with Crippen LogP contribution in [0.2, 0.25) is 0 Å². The summed E-state index contributed by atoms with van der Waals surface area (Å²) in [5.74, 6) is 2.90. The number of allylic oxidation sites excluding steroid dienone is 4. The van der Waals surface area contributed by atoms with Gasteiger partial charge in [-0.15, -0.1) is 0 Å². The minimum atomic E-state index is 0.574. The van der Waals surface area contributed by atoms with Crippen molar-refractivity contribution in [3.05, 3.63) is 23.8 Å². The molecule has 74 valence electrons. The molecule has 4 bridgehead atoms. The summed E-state index contributed by atoms with van der Waals surface area (Å²) in [7, 11) is 0. The van der Waals surface area contributed by atoms with Crippen LogP contribution in [0.4, 0.5) is 0 Å². The third-order valence-electron chi connectivity index (χ3n) is 5.18. The largest absolute Gasteiger partial charge is 0.0845 e. The van der Waals surface area contributed by atoms with E-state index in [0.717, 1.165) is 17.8 Å². The third kappa shape index (κ3) is 0.809. The molecule has 4 atom stereocenters. The van der Waals surface area contributed by atoms with Gasteiger partial charge in [-0.25, -0.2) is 0 Å². The molecule has 2 fully saturated rings. The van der Waals surface area contributed by atoms with Gasteiger partial charge in [0, 0.05) is 5.41 Å². The Morgan fingerprint density at radius 3 is 2.64 bits per heavy atom. The van der Waals surface area contributed by atoms with E-state index in [0.29, 0.717) is 5.41 Å². The van der Waals surface area contributed by atoms with Gasteiger partial charge in [0.15, 0.2) is 0 Å². The lowest BCUT2D eigenvalue weighted by Crippen LogP contribution is -2.19. The number of hydrogen-bond donors (Lipinski definition) is 0. The highest BCUT2D eigenvalue weighted by molar-refractivity contribution is 5.36. The van der Waals surface area contributed by atoms with Gasteiger partial charge >= 0.3 is 0 Å². The normalized spacial score (nSPS) is 53.1. The predicted octanol–water partition coefficient (Wildman–Crippen LogP) is 3.70. The summed E-state index contributed by atoms with van der Waals surface area (Å²) in [5.41, 5.74) is 2.44. The molecule has 0 aromatic heterocycles. The minimum absolute atomic E-state index is 0.574. The molecule has 4 rings (SSSR count). The first kappa shape index (κ1) is 7.73. The molecule has 4 unspecified atom stereocenters. The smallest absolute Gasteiger partial charge is 0.00995 e. The van der Waals surface area contributed by atoms with E-state index >= 15 is 0 Å². The topological polar surface area (TPSA) is 0 Å². The zero-order chi connectivity index (χ0) is 9.17. The maximum atomic E-state index is 2.66. The third-order valence-corrected chi connectivity index (χ3v) is 5.18. The molecule has 0 N–H and O–H groups in total. The molecule has 0 spiro atoms. The maximum absolute atomic E-state index is 2.66. The number of rotatable bonds is 1. The van der Waals surface area contributed by atoms with E-state index in [-0.39, 0.29) is 0 Å². The van der Waals surface area contributed by atoms with Gasteiger partial charge in [-0.05, 0) is 56.3 Å². The monoisotopic (exact) mass is 186 g/mol. The van der Waals surface area contributed by atoms with Crippen molar-refractivity contribution in [1.82, 2.24) is 0 Å². The molecular formula is C14H18. The second-order valence-corrected chi connectivity index (χ2v) is 5.91. The summed E-state index contributed by atoms with van der Waals surface area (Å²) in [6.45, 7) is 0. The molecular weight excluding hydrogens is 168 g/mol. The molecule has 0 nitrogen and oxygen atoms in total. The lowest BCUT2D eigenvalue weighted by Gasteiger charge is -2.30. The highest BCUT2D eigenvalue weighted by Gasteiger charge is 2.48. The van der Waals surface area contributed by atoms with E-state index in [1.165, 1.54) is 38.5 Å². The zero-order valence-electron chi connectivity index (χ0n) is 8.71. The van der Waals surface area contributed by atoms with Gasteiger partial charge in [0.05, 0.1) is 0 Å². The Kier molecular flexibility index (Phi) is 1.30. The second kappa shape index (κ2) is 2.35. The Labute approximate surface area is 86.1 Å². The van der Waals surface area contributed by atoms with Gasteiger partial charge < -0.3 is 0 Å². The maximum Gasteiger partial charge on any atom is 0.00995 e. The quantitative estimate of drug-likeness (QED) is 0.548. The van der Waals surface area contributed by atoms with Crippen LogP contribution in [0.3, 0.4) is 0 Å². The Morgan fingerprint density at radius 1 is 1.14 bits per heavy atom. The lowest BCUT2D eigenvalue weighted by molar-refractivity contribution is 0.422. The number of fused-ring (bicyclic) bond motifs is 4. The van der Waals surface area contributed by atoms with Crippen LogP contribution < -0.4 is 0 Å². The van der Waals surface area contributed by atoms with Crippen LogP contribution in [0.25, 0.3) is 0 Å². The van der Waals surface area contributed by atoms with Crippen molar-refractivity contribution in [3.8, 4) is 0 Å². The Bertz CT molecular complexity index is 336. The summed E-state index contributed by atoms with van der Waals surface area (Å²) in [4.78, 5) is 0. The molecule has 0 amide bonds. The fourth-order valence-corrected chi connectivity index (χ4v) is 4.52. The summed E-state index contributed by atoms with van der Waals surface area (Å²) >= 11 is 0. The second-order valence-electron chi connectivity index (χ2n) is 5.91. The highest BCUT2D eigenvalue weighted by Crippen LogP contribution is 2.60. The summed E-state index contributed by atoms with van der Waals surface area (Å²) < 4.78 is 0. The van der Waals surface area contributed by atoms with Crippen molar-refractivity contribution in [2.45, 2.75) is 38.5 Å². The van der Waals surface area contributed by atoms with Crippen molar-refractivity contribution in [3.63, 3.8) is 0 Å². The fraction of sp³-hybridized carbons (Fsp3) is 0.714. The predicted molar refractivity (Wildman–Crippen MR) is 57.8 cm³/mol. The fourth-order valence-electron chi connectivity index (χ4n) is 4.52. The molecule has 0 heterocycles. The Balaban J connectivity index is 1.76. The van der Waals surface area contributed by atoms with Gasteiger partial charge in [0.1, 0.15) is 0 Å². The van der Waals surface area contributed by atoms with Crippen LogP contribution in [-0.4, -0.2) is 0 Å². The van der Waals surface area contributed by atoms with E-state index < -0.39 is 0 Å². The molecule has 0 saturated heterocycles. The van der Waals surface area contributed by atoms with Gasteiger partial charge in [0.25, 0.3) is 0 Å². The first-order valence-corrected chi connectivity index (χ1v) is 6.27. The standard InChI is InChI=1S/C14H18/c1-2-12-7-11(1)8-13(12)14-5-3-10(9-14)4-6-14/h3,5,8,10-12H,1-2,4,6-7,9H2. The first-order valence-electron chi connectivity index (χ1n) is 6.27. The van der Waals surface area contributed by atoms with Crippen LogP contribution in [-0.2, 0) is 0 Å². The van der Waals surface area contributed by atoms with E-state index in [1.807, 2.05) is 5.57 Å². The summed E-state index contributed by atoms with van der Waals surface area (Å²) in [6.07, 6.45) is 16.6. The van der Waals surface area contributed by atoms with Crippen molar-refractivity contribution in [2.75, 3.05) is 0 Å². The molecule has 0 heteroatoms. The Hall–Kier alpha value is -0.520. The van der Waals surface area contributed by atoms with Crippen molar-refractivity contribution < 1.29 is 0 Å². The minimum Gasteiger partial charge on any atom is -0.0845 e. The van der Waals surface area contributed by atoms with Crippen molar-refractivity contribution in [1.29, 1.82) is 0 Å². The molecule has 0 aromatic rings. The van der Waals surface area contributed by atoms with Crippen molar-refractivity contribution in [2.24, 2.45) is 23.2 Å². The molecule has 2 saturated carbocycles. The number of hydrogen-bond acceptors (Lipinski definition) is 0.